The van der Waals surface area contributed by atoms with Gasteiger partial charge in [0, 0.05) is 0 Å². The zero-order valence-corrected chi connectivity index (χ0v) is 10.1. The van der Waals surface area contributed by atoms with Crippen molar-refractivity contribution in [1.29, 1.82) is 0 Å². The van der Waals surface area contributed by atoms with Crippen LogP contribution in [0.4, 0.5) is 0 Å². The van der Waals surface area contributed by atoms with E-state index in [9.17, 15) is 0 Å². The zero-order valence-electron chi connectivity index (χ0n) is 7.79. The summed E-state index contributed by atoms with van der Waals surface area (Å²) in [5.41, 5.74) is 0.848. The molecule has 0 radical (unpaired) electrons. The first-order valence-electron chi connectivity index (χ1n) is 4.19. The smallest absolute Gasteiger partial charge is 0.199 e. The minimum absolute atomic E-state index is 0.497. The van der Waals surface area contributed by atoms with Gasteiger partial charge in [-0.05, 0) is 37.3 Å². The second-order valence-electron chi connectivity index (χ2n) is 3.01. The summed E-state index contributed by atoms with van der Waals surface area (Å²) < 4.78 is 2.32. The van der Waals surface area contributed by atoms with Crippen LogP contribution in [0.25, 0.3) is 5.69 Å². The van der Waals surface area contributed by atoms with Crippen LogP contribution in [0.3, 0.4) is 0 Å². The number of rotatable bonds is 1. The summed E-state index contributed by atoms with van der Waals surface area (Å²) in [5.74, 6) is 0.776. The van der Waals surface area contributed by atoms with Crippen molar-refractivity contribution in [3.63, 3.8) is 0 Å². The first-order chi connectivity index (χ1) is 7.09. The van der Waals surface area contributed by atoms with Crippen LogP contribution >= 0.6 is 35.4 Å². The molecule has 0 amide bonds. The molecule has 0 atom stereocenters. The maximum atomic E-state index is 5.93. The minimum atomic E-state index is 0.497. The molecule has 1 N–H and O–H groups in total. The molecule has 1 aromatic heterocycles. The van der Waals surface area contributed by atoms with Gasteiger partial charge in [0.2, 0.25) is 0 Å². The Morgan fingerprint density at radius 3 is 2.60 bits per heavy atom. The van der Waals surface area contributed by atoms with E-state index in [1.54, 1.807) is 16.7 Å². The predicted molar refractivity (Wildman–Crippen MR) is 63.5 cm³/mol. The molecule has 0 saturated heterocycles. The summed E-state index contributed by atoms with van der Waals surface area (Å²) in [6.45, 7) is 1.86. The summed E-state index contributed by atoms with van der Waals surface area (Å²) in [4.78, 5) is 0. The molecule has 2 rings (SSSR count). The molecule has 0 fully saturated rings. The molecule has 1 heterocycles. The lowest BCUT2D eigenvalue weighted by molar-refractivity contribution is 0.963. The molecule has 0 aliphatic rings. The Balaban J connectivity index is 2.65. The van der Waals surface area contributed by atoms with E-state index in [1.807, 2.05) is 13.0 Å². The summed E-state index contributed by atoms with van der Waals surface area (Å²) in [6, 6.07) is 5.32. The Hall–Kier alpha value is -0.840. The Morgan fingerprint density at radius 2 is 2.07 bits per heavy atom. The van der Waals surface area contributed by atoms with E-state index in [4.69, 9.17) is 35.4 Å². The van der Waals surface area contributed by atoms with Crippen molar-refractivity contribution < 1.29 is 0 Å². The summed E-state index contributed by atoms with van der Waals surface area (Å²) >= 11 is 16.9. The van der Waals surface area contributed by atoms with Crippen molar-refractivity contribution in [2.75, 3.05) is 0 Å². The van der Waals surface area contributed by atoms with Crippen molar-refractivity contribution in [1.82, 2.24) is 14.8 Å². The highest BCUT2D eigenvalue weighted by molar-refractivity contribution is 7.71. The Labute approximate surface area is 102 Å². The molecule has 0 saturated carbocycles. The molecule has 15 heavy (non-hydrogen) atoms. The lowest BCUT2D eigenvalue weighted by atomic mass is 10.3. The van der Waals surface area contributed by atoms with E-state index in [0.717, 1.165) is 11.5 Å². The molecule has 2 aromatic rings. The van der Waals surface area contributed by atoms with Crippen LogP contribution < -0.4 is 0 Å². The Bertz CT molecular complexity index is 559. The minimum Gasteiger partial charge on any atom is -0.272 e. The molecule has 0 unspecified atom stereocenters. The highest BCUT2D eigenvalue weighted by Crippen LogP contribution is 2.24. The lowest BCUT2D eigenvalue weighted by Crippen LogP contribution is -1.96. The van der Waals surface area contributed by atoms with Crippen LogP contribution in [0.2, 0.25) is 10.0 Å². The Kier molecular flexibility index (Phi) is 2.82. The van der Waals surface area contributed by atoms with Crippen molar-refractivity contribution in [2.24, 2.45) is 0 Å². The van der Waals surface area contributed by atoms with Crippen LogP contribution in [-0.2, 0) is 0 Å². The van der Waals surface area contributed by atoms with Crippen molar-refractivity contribution in [3.8, 4) is 5.69 Å². The number of aromatic nitrogens is 3. The number of hydrogen-bond acceptors (Lipinski definition) is 2. The number of aromatic amines is 1. The molecule has 6 heteroatoms. The second kappa shape index (κ2) is 3.96. The average molecular weight is 260 g/mol. The topological polar surface area (TPSA) is 33.6 Å². The Morgan fingerprint density at radius 1 is 1.33 bits per heavy atom. The molecule has 1 aromatic carbocycles. The van der Waals surface area contributed by atoms with Gasteiger partial charge in [0.05, 0.1) is 15.7 Å². The van der Waals surface area contributed by atoms with Crippen molar-refractivity contribution in [2.45, 2.75) is 6.92 Å². The van der Waals surface area contributed by atoms with Gasteiger partial charge in [-0.1, -0.05) is 23.2 Å². The quantitative estimate of drug-likeness (QED) is 0.795. The van der Waals surface area contributed by atoms with Gasteiger partial charge in [-0.2, -0.15) is 5.10 Å². The van der Waals surface area contributed by atoms with Crippen LogP contribution in [0.15, 0.2) is 18.2 Å². The molecule has 0 bridgehead atoms. The summed E-state index contributed by atoms with van der Waals surface area (Å²) in [7, 11) is 0. The zero-order chi connectivity index (χ0) is 11.0. The van der Waals surface area contributed by atoms with Gasteiger partial charge in [0.25, 0.3) is 0 Å². The fraction of sp³-hybridized carbons (Fsp3) is 0.111. The van der Waals surface area contributed by atoms with Crippen molar-refractivity contribution >= 4 is 35.4 Å². The van der Waals surface area contributed by atoms with Gasteiger partial charge in [0.15, 0.2) is 4.77 Å². The van der Waals surface area contributed by atoms with E-state index < -0.39 is 0 Å². The van der Waals surface area contributed by atoms with Crippen LogP contribution in [0.1, 0.15) is 5.82 Å². The number of benzene rings is 1. The highest BCUT2D eigenvalue weighted by atomic mass is 35.5. The fourth-order valence-corrected chi connectivity index (χ4v) is 1.88. The molecule has 3 nitrogen and oxygen atoms in total. The van der Waals surface area contributed by atoms with Crippen LogP contribution in [0, 0.1) is 11.7 Å². The SMILES string of the molecule is Cc1n[nH]c(=S)n1-c1ccc(Cl)c(Cl)c1. The standard InChI is InChI=1S/C9H7Cl2N3S/c1-5-12-13-9(15)14(5)6-2-3-7(10)8(11)4-6/h2-4H,1H3,(H,13,15). The maximum Gasteiger partial charge on any atom is 0.199 e. The van der Waals surface area contributed by atoms with Gasteiger partial charge in [-0.15, -0.1) is 0 Å². The summed E-state index contributed by atoms with van der Waals surface area (Å²) in [5, 5.41) is 7.74. The van der Waals surface area contributed by atoms with E-state index in [1.165, 1.54) is 0 Å². The lowest BCUT2D eigenvalue weighted by Gasteiger charge is -2.04. The molecule has 78 valence electrons. The fourth-order valence-electron chi connectivity index (χ4n) is 1.30. The third-order valence-corrected chi connectivity index (χ3v) is 3.01. The normalized spacial score (nSPS) is 10.6. The predicted octanol–water partition coefficient (Wildman–Crippen LogP) is 3.55. The third-order valence-electron chi connectivity index (χ3n) is 2.00. The number of H-pyrrole nitrogens is 1. The largest absolute Gasteiger partial charge is 0.272 e. The number of hydrogen-bond donors (Lipinski definition) is 1. The number of halogens is 2. The van der Waals surface area contributed by atoms with Gasteiger partial charge in [-0.3, -0.25) is 9.67 Å². The molecule has 0 spiro atoms. The van der Waals surface area contributed by atoms with Crippen LogP contribution in [-0.4, -0.2) is 14.8 Å². The summed E-state index contributed by atoms with van der Waals surface area (Å²) in [6.07, 6.45) is 0. The first kappa shape index (κ1) is 10.7. The van der Waals surface area contributed by atoms with E-state index in [0.29, 0.717) is 14.8 Å². The first-order valence-corrected chi connectivity index (χ1v) is 5.35. The molecule has 0 aliphatic carbocycles. The maximum absolute atomic E-state index is 5.93. The van der Waals surface area contributed by atoms with Crippen LogP contribution in [0.5, 0.6) is 0 Å². The van der Waals surface area contributed by atoms with Gasteiger partial charge in [-0.25, -0.2) is 0 Å². The number of aryl methyl sites for hydroxylation is 1. The highest BCUT2D eigenvalue weighted by Gasteiger charge is 2.05. The number of nitrogens with one attached hydrogen (secondary N) is 1. The average Bonchev–Trinajstić information content (AvgIpc) is 2.52. The monoisotopic (exact) mass is 259 g/mol. The van der Waals surface area contributed by atoms with Gasteiger partial charge in [0.1, 0.15) is 5.82 Å². The van der Waals surface area contributed by atoms with Gasteiger partial charge >= 0.3 is 0 Å². The molecular formula is C9H7Cl2N3S. The van der Waals surface area contributed by atoms with Crippen molar-refractivity contribution in [3.05, 3.63) is 38.8 Å². The van der Waals surface area contributed by atoms with Gasteiger partial charge < -0.3 is 0 Å². The second-order valence-corrected chi connectivity index (χ2v) is 4.21. The van der Waals surface area contributed by atoms with E-state index >= 15 is 0 Å². The third kappa shape index (κ3) is 1.93. The number of nitrogens with zero attached hydrogens (tertiary/aromatic N) is 2. The van der Waals surface area contributed by atoms with E-state index in [2.05, 4.69) is 10.2 Å². The van der Waals surface area contributed by atoms with E-state index in [-0.39, 0.29) is 0 Å². The molecule has 0 aliphatic heterocycles. The molecular weight excluding hydrogens is 253 g/mol.